The van der Waals surface area contributed by atoms with Crippen molar-refractivity contribution in [1.29, 1.82) is 0 Å². The van der Waals surface area contributed by atoms with Crippen LogP contribution in [0.3, 0.4) is 0 Å². The highest BCUT2D eigenvalue weighted by atomic mass is 31.2. The first-order valence-electron chi connectivity index (χ1n) is 34.0. The lowest BCUT2D eigenvalue weighted by Crippen LogP contribution is -2.30. The maximum Gasteiger partial charge on any atom is 0.472 e. The smallest absolute Gasteiger partial charge is 0.462 e. The fourth-order valence-electron chi connectivity index (χ4n) is 9.71. The second kappa shape index (κ2) is 57.5. The first-order valence-corrected chi connectivity index (χ1v) is 37.0. The van der Waals surface area contributed by atoms with E-state index in [1.54, 1.807) is 0 Å². The quantitative estimate of drug-likeness (QED) is 0.0222. The lowest BCUT2D eigenvalue weighted by atomic mass is 10.0. The second-order valence-corrected chi connectivity index (χ2v) is 27.4. The van der Waals surface area contributed by atoms with Crippen LogP contribution in [0, 0.1) is 11.8 Å². The van der Waals surface area contributed by atoms with Gasteiger partial charge in [0.05, 0.1) is 26.4 Å². The molecular weight excluding hydrogens is 1110 g/mol. The summed E-state index contributed by atoms with van der Waals surface area (Å²) in [6.07, 6.45) is 40.5. The zero-order valence-corrected chi connectivity index (χ0v) is 56.0. The molecule has 0 aliphatic rings. The molecule has 0 radical (unpaired) electrons. The van der Waals surface area contributed by atoms with Gasteiger partial charge in [0.1, 0.15) is 19.3 Å². The molecule has 0 aromatic carbocycles. The third-order valence-corrected chi connectivity index (χ3v) is 16.9. The van der Waals surface area contributed by atoms with Crippen LogP contribution in [0.25, 0.3) is 0 Å². The van der Waals surface area contributed by atoms with Crippen molar-refractivity contribution < 1.29 is 80.2 Å². The largest absolute Gasteiger partial charge is 0.472 e. The van der Waals surface area contributed by atoms with Crippen LogP contribution in [-0.2, 0) is 65.4 Å². The number of phosphoric acid groups is 2. The molecule has 0 rings (SSSR count). The van der Waals surface area contributed by atoms with Crippen molar-refractivity contribution in [3.8, 4) is 0 Å². The van der Waals surface area contributed by atoms with Crippen LogP contribution in [0.4, 0.5) is 0 Å². The van der Waals surface area contributed by atoms with E-state index >= 15 is 0 Å². The Morgan fingerprint density at radius 1 is 0.321 bits per heavy atom. The van der Waals surface area contributed by atoms with Gasteiger partial charge in [0.15, 0.2) is 12.2 Å². The summed E-state index contributed by atoms with van der Waals surface area (Å²) in [6.45, 7) is 9.38. The van der Waals surface area contributed by atoms with E-state index in [1.807, 2.05) is 0 Å². The zero-order chi connectivity index (χ0) is 62.2. The first-order chi connectivity index (χ1) is 40.4. The van der Waals surface area contributed by atoms with Gasteiger partial charge in [0.25, 0.3) is 0 Å². The van der Waals surface area contributed by atoms with Gasteiger partial charge >= 0.3 is 39.5 Å². The number of ether oxygens (including phenoxy) is 4. The fourth-order valence-corrected chi connectivity index (χ4v) is 11.3. The number of rotatable bonds is 64. The minimum Gasteiger partial charge on any atom is -0.462 e. The first kappa shape index (κ1) is 82.1. The van der Waals surface area contributed by atoms with Gasteiger partial charge in [-0.1, -0.05) is 273 Å². The highest BCUT2D eigenvalue weighted by Crippen LogP contribution is 2.45. The van der Waals surface area contributed by atoms with E-state index in [4.69, 9.17) is 37.0 Å². The molecule has 0 aliphatic carbocycles. The maximum absolute atomic E-state index is 13.0. The molecule has 84 heavy (non-hydrogen) atoms. The van der Waals surface area contributed by atoms with Crippen LogP contribution in [0.15, 0.2) is 0 Å². The lowest BCUT2D eigenvalue weighted by molar-refractivity contribution is -0.161. The van der Waals surface area contributed by atoms with Crippen molar-refractivity contribution in [3.63, 3.8) is 0 Å². The summed E-state index contributed by atoms with van der Waals surface area (Å²) < 4.78 is 68.0. The SMILES string of the molecule is CCCCCCCCCCCCCCCCCC(=O)O[C@H](COC(=O)CCCCCCCCCCC(C)C)COP(=O)(O)OC[C@@H](O)COP(=O)(O)OC[C@@H](COC(=O)CCCCCCCCCC)OC(=O)CCCCCCCCCC(C)C. The Hall–Kier alpha value is -1.94. The average Bonchev–Trinajstić information content (AvgIpc) is 3.60. The molecule has 0 spiro atoms. The van der Waals surface area contributed by atoms with E-state index in [2.05, 4.69) is 41.5 Å². The lowest BCUT2D eigenvalue weighted by Gasteiger charge is -2.21. The molecule has 5 atom stereocenters. The molecule has 0 bridgehead atoms. The Bertz CT molecular complexity index is 1650. The molecule has 0 saturated heterocycles. The second-order valence-electron chi connectivity index (χ2n) is 24.5. The van der Waals surface area contributed by atoms with Crippen LogP contribution in [0.5, 0.6) is 0 Å². The minimum atomic E-state index is -4.95. The molecule has 3 N–H and O–H groups in total. The molecule has 0 amide bonds. The van der Waals surface area contributed by atoms with Crippen molar-refractivity contribution in [2.24, 2.45) is 11.8 Å². The van der Waals surface area contributed by atoms with Gasteiger partial charge < -0.3 is 33.8 Å². The Morgan fingerprint density at radius 3 is 0.810 bits per heavy atom. The Kier molecular flexibility index (Phi) is 56.2. The zero-order valence-electron chi connectivity index (χ0n) is 54.2. The predicted octanol–water partition coefficient (Wildman–Crippen LogP) is 18.0. The number of unbranched alkanes of at least 4 members (excludes halogenated alkanes) is 34. The van der Waals surface area contributed by atoms with Crippen molar-refractivity contribution in [2.75, 3.05) is 39.6 Å². The van der Waals surface area contributed by atoms with Gasteiger partial charge in [0.2, 0.25) is 0 Å². The third-order valence-electron chi connectivity index (χ3n) is 15.0. The summed E-state index contributed by atoms with van der Waals surface area (Å²) in [5, 5.41) is 10.5. The van der Waals surface area contributed by atoms with Crippen molar-refractivity contribution in [3.05, 3.63) is 0 Å². The summed E-state index contributed by atoms with van der Waals surface area (Å²) >= 11 is 0. The van der Waals surface area contributed by atoms with Crippen LogP contribution in [0.1, 0.15) is 324 Å². The van der Waals surface area contributed by atoms with Gasteiger partial charge in [-0.05, 0) is 37.5 Å². The van der Waals surface area contributed by atoms with Crippen LogP contribution in [0.2, 0.25) is 0 Å². The van der Waals surface area contributed by atoms with Gasteiger partial charge in [-0.2, -0.15) is 0 Å². The number of carbonyl (C=O) groups excluding carboxylic acids is 4. The molecule has 0 aliphatic heterocycles. The van der Waals surface area contributed by atoms with E-state index in [-0.39, 0.29) is 25.7 Å². The van der Waals surface area contributed by atoms with Gasteiger partial charge in [-0.3, -0.25) is 37.3 Å². The summed E-state index contributed by atoms with van der Waals surface area (Å²) in [5.74, 6) is -0.713. The average molecular weight is 1240 g/mol. The van der Waals surface area contributed by atoms with Crippen molar-refractivity contribution in [2.45, 2.75) is 342 Å². The summed E-state index contributed by atoms with van der Waals surface area (Å²) in [5.41, 5.74) is 0. The number of phosphoric ester groups is 2. The normalized spacial score (nSPS) is 14.3. The molecule has 2 unspecified atom stereocenters. The maximum atomic E-state index is 13.0. The Labute approximate surface area is 511 Å². The summed E-state index contributed by atoms with van der Waals surface area (Å²) in [7, 11) is -9.89. The van der Waals surface area contributed by atoms with E-state index in [1.165, 1.54) is 135 Å². The van der Waals surface area contributed by atoms with Crippen molar-refractivity contribution in [1.82, 2.24) is 0 Å². The van der Waals surface area contributed by atoms with E-state index < -0.39 is 97.5 Å². The van der Waals surface area contributed by atoms with Crippen LogP contribution in [-0.4, -0.2) is 96.7 Å². The Morgan fingerprint density at radius 2 is 0.548 bits per heavy atom. The number of hydrogen-bond donors (Lipinski definition) is 3. The molecule has 0 heterocycles. The molecule has 0 fully saturated rings. The van der Waals surface area contributed by atoms with Gasteiger partial charge in [-0.25, -0.2) is 9.13 Å². The molecule has 0 aromatic rings. The van der Waals surface area contributed by atoms with E-state index in [9.17, 15) is 43.2 Å². The van der Waals surface area contributed by atoms with E-state index in [0.717, 1.165) is 102 Å². The number of esters is 4. The van der Waals surface area contributed by atoms with Gasteiger partial charge in [0, 0.05) is 25.7 Å². The third kappa shape index (κ3) is 59.0. The highest BCUT2D eigenvalue weighted by molar-refractivity contribution is 7.47. The fraction of sp³-hybridized carbons (Fsp3) is 0.938. The number of carbonyl (C=O) groups is 4. The number of aliphatic hydroxyl groups excluding tert-OH is 1. The van der Waals surface area contributed by atoms with Gasteiger partial charge in [-0.15, -0.1) is 0 Å². The predicted molar refractivity (Wildman–Crippen MR) is 335 cm³/mol. The molecule has 0 aromatic heterocycles. The minimum absolute atomic E-state index is 0.103. The molecule has 17 nitrogen and oxygen atoms in total. The molecular formula is C65H126O17P2. The number of aliphatic hydroxyl groups is 1. The Balaban J connectivity index is 5.22. The van der Waals surface area contributed by atoms with E-state index in [0.29, 0.717) is 31.6 Å². The van der Waals surface area contributed by atoms with Crippen molar-refractivity contribution >= 4 is 39.5 Å². The molecule has 0 saturated carbocycles. The summed E-state index contributed by atoms with van der Waals surface area (Å²) in [6, 6.07) is 0. The standard InChI is InChI=1S/C65H126O17P2/c1-7-9-11-13-15-17-18-19-20-21-22-23-31-37-43-49-64(69)81-60(54-76-63(68)48-42-36-30-25-24-27-33-39-45-57(3)4)55-79-83(71,72)77-51-59(66)52-78-84(73,74)80-56-61(53-75-62(67)47-41-35-29-16-14-12-10-8-2)82-65(70)50-44-38-32-26-28-34-40-46-58(5)6/h57-61,66H,7-56H2,1-6H3,(H,71,72)(H,73,74)/t59-,60-,61-/m1/s1. The molecule has 19 heteroatoms. The monoisotopic (exact) mass is 1240 g/mol. The topological polar surface area (TPSA) is 237 Å². The molecule has 498 valence electrons. The number of hydrogen-bond acceptors (Lipinski definition) is 15. The highest BCUT2D eigenvalue weighted by Gasteiger charge is 2.30. The van der Waals surface area contributed by atoms with Crippen LogP contribution >= 0.6 is 15.6 Å². The van der Waals surface area contributed by atoms with Crippen LogP contribution < -0.4 is 0 Å². The summed E-state index contributed by atoms with van der Waals surface area (Å²) in [4.78, 5) is 72.2.